The molecule has 0 aliphatic carbocycles. The minimum absolute atomic E-state index is 0.0204. The van der Waals surface area contributed by atoms with Gasteiger partial charge in [-0.2, -0.15) is 18.3 Å². The van der Waals surface area contributed by atoms with Crippen molar-refractivity contribution in [2.45, 2.75) is 31.2 Å². The maximum absolute atomic E-state index is 13.8. The van der Waals surface area contributed by atoms with Crippen LogP contribution in [0.2, 0.25) is 5.02 Å². The molecule has 5 nitrogen and oxygen atoms in total. The van der Waals surface area contributed by atoms with E-state index in [2.05, 4.69) is 31.7 Å². The van der Waals surface area contributed by atoms with Gasteiger partial charge in [-0.05, 0) is 23.3 Å². The highest BCUT2D eigenvalue weighted by Crippen LogP contribution is 2.46. The second-order valence-electron chi connectivity index (χ2n) is 7.17. The van der Waals surface area contributed by atoms with Crippen LogP contribution >= 0.6 is 27.5 Å². The summed E-state index contributed by atoms with van der Waals surface area (Å²) in [7, 11) is 0. The maximum Gasteiger partial charge on any atom is 0.410 e. The lowest BCUT2D eigenvalue weighted by Crippen LogP contribution is -2.35. The van der Waals surface area contributed by atoms with Crippen LogP contribution in [0.15, 0.2) is 59.1 Å². The lowest BCUT2D eigenvalue weighted by Gasteiger charge is -2.33. The van der Waals surface area contributed by atoms with Gasteiger partial charge >= 0.3 is 6.18 Å². The molecule has 1 amide bonds. The lowest BCUT2D eigenvalue weighted by molar-refractivity contribution is -0.173. The van der Waals surface area contributed by atoms with Crippen LogP contribution < -0.4 is 10.6 Å². The van der Waals surface area contributed by atoms with Gasteiger partial charge in [0.25, 0.3) is 5.91 Å². The second-order valence-corrected chi connectivity index (χ2v) is 8.46. The van der Waals surface area contributed by atoms with Gasteiger partial charge in [-0.1, -0.05) is 70.0 Å². The largest absolute Gasteiger partial charge is 0.410 e. The standard InChI is InChI=1S/C21H17BrClF3N4O/c22-14-8-6-13(7-9-14)15-10-16(21(24,25)26)30-19(28-15)17(23)18(29-30)20(31)27-11-12-4-2-1-3-5-12/h1-9,15-16,28H,10-11H2,(H,27,31)/t15-,16+/m0/s1. The van der Waals surface area contributed by atoms with E-state index in [0.29, 0.717) is 5.56 Å². The molecule has 2 heterocycles. The normalized spacial score (nSPS) is 18.2. The zero-order valence-corrected chi connectivity index (χ0v) is 18.3. The van der Waals surface area contributed by atoms with Crippen molar-refractivity contribution in [3.63, 3.8) is 0 Å². The summed E-state index contributed by atoms with van der Waals surface area (Å²) in [6, 6.07) is 13.6. The number of rotatable bonds is 4. The molecule has 2 aromatic carbocycles. The lowest BCUT2D eigenvalue weighted by atomic mass is 9.97. The van der Waals surface area contributed by atoms with Crippen LogP contribution in [0.1, 0.15) is 40.1 Å². The van der Waals surface area contributed by atoms with E-state index in [0.717, 1.165) is 14.7 Å². The van der Waals surface area contributed by atoms with Crippen molar-refractivity contribution < 1.29 is 18.0 Å². The third kappa shape index (κ3) is 4.57. The summed E-state index contributed by atoms with van der Waals surface area (Å²) in [6.45, 7) is 0.204. The van der Waals surface area contributed by atoms with E-state index in [1.54, 1.807) is 24.3 Å². The zero-order valence-electron chi connectivity index (χ0n) is 16.0. The number of carbonyl (C=O) groups is 1. The second kappa shape index (κ2) is 8.55. The quantitative estimate of drug-likeness (QED) is 0.457. The molecular weight excluding hydrogens is 497 g/mol. The average molecular weight is 514 g/mol. The molecular formula is C21H17BrClF3N4O. The summed E-state index contributed by atoms with van der Waals surface area (Å²) >= 11 is 9.65. The Balaban J connectivity index is 1.64. The van der Waals surface area contributed by atoms with E-state index < -0.39 is 24.2 Å². The van der Waals surface area contributed by atoms with Crippen LogP contribution in [-0.2, 0) is 6.54 Å². The summed E-state index contributed by atoms with van der Waals surface area (Å²) in [4.78, 5) is 12.6. The summed E-state index contributed by atoms with van der Waals surface area (Å²) < 4.78 is 43.1. The zero-order chi connectivity index (χ0) is 22.2. The highest BCUT2D eigenvalue weighted by molar-refractivity contribution is 9.10. The minimum Gasteiger partial charge on any atom is -0.362 e. The molecule has 0 saturated carbocycles. The highest BCUT2D eigenvalue weighted by atomic mass is 79.9. The van der Waals surface area contributed by atoms with Crippen molar-refractivity contribution in [3.05, 3.63) is 80.9 Å². The average Bonchev–Trinajstić information content (AvgIpc) is 3.08. The first-order valence-electron chi connectivity index (χ1n) is 9.43. The Kier molecular flexibility index (Phi) is 5.98. The van der Waals surface area contributed by atoms with Gasteiger partial charge < -0.3 is 10.6 Å². The predicted octanol–water partition coefficient (Wildman–Crippen LogP) is 5.89. The Labute approximate surface area is 189 Å². The van der Waals surface area contributed by atoms with Gasteiger partial charge in [0.05, 0.1) is 6.04 Å². The Hall–Kier alpha value is -2.52. The number of halogens is 5. The van der Waals surface area contributed by atoms with Gasteiger partial charge in [0.1, 0.15) is 10.8 Å². The molecule has 0 unspecified atom stereocenters. The molecule has 4 rings (SSSR count). The van der Waals surface area contributed by atoms with Crippen LogP contribution in [0.5, 0.6) is 0 Å². The molecule has 2 N–H and O–H groups in total. The molecule has 2 atom stereocenters. The fraction of sp³-hybridized carbons (Fsp3) is 0.238. The monoisotopic (exact) mass is 512 g/mol. The van der Waals surface area contributed by atoms with E-state index in [9.17, 15) is 18.0 Å². The van der Waals surface area contributed by atoms with Gasteiger partial charge in [0, 0.05) is 17.4 Å². The van der Waals surface area contributed by atoms with E-state index in [4.69, 9.17) is 11.6 Å². The predicted molar refractivity (Wildman–Crippen MR) is 115 cm³/mol. The first-order chi connectivity index (χ1) is 14.7. The van der Waals surface area contributed by atoms with Crippen LogP contribution in [0.25, 0.3) is 0 Å². The van der Waals surface area contributed by atoms with Crippen LogP contribution in [0.3, 0.4) is 0 Å². The highest BCUT2D eigenvalue weighted by Gasteiger charge is 2.47. The number of amides is 1. The molecule has 1 aliphatic rings. The summed E-state index contributed by atoms with van der Waals surface area (Å²) in [5, 5.41) is 9.48. The minimum atomic E-state index is -4.56. The molecule has 3 aromatic rings. The van der Waals surface area contributed by atoms with Gasteiger partial charge in [-0.3, -0.25) is 4.79 Å². The first kappa shape index (κ1) is 21.7. The number of hydrogen-bond acceptors (Lipinski definition) is 3. The molecule has 0 fully saturated rings. The Morgan fingerprint density at radius 3 is 2.52 bits per heavy atom. The molecule has 0 bridgehead atoms. The van der Waals surface area contributed by atoms with Gasteiger partial charge in [0.2, 0.25) is 0 Å². The Bertz CT molecular complexity index is 1090. The van der Waals surface area contributed by atoms with Crippen molar-refractivity contribution >= 4 is 39.3 Å². The molecule has 1 aromatic heterocycles. The van der Waals surface area contributed by atoms with E-state index in [-0.39, 0.29) is 29.5 Å². The smallest absolute Gasteiger partial charge is 0.362 e. The summed E-state index contributed by atoms with van der Waals surface area (Å²) in [6.07, 6.45) is -4.83. The molecule has 31 heavy (non-hydrogen) atoms. The fourth-order valence-corrected chi connectivity index (χ4v) is 4.04. The number of alkyl halides is 3. The summed E-state index contributed by atoms with van der Waals surface area (Å²) in [5.41, 5.74) is 1.28. The fourth-order valence-electron chi connectivity index (χ4n) is 3.51. The SMILES string of the molecule is O=C(NCc1ccccc1)c1nn2c(c1Cl)N[C@H](c1ccc(Br)cc1)C[C@@H]2C(F)(F)F. The number of anilines is 1. The van der Waals surface area contributed by atoms with Gasteiger partial charge in [0.15, 0.2) is 11.7 Å². The number of hydrogen-bond donors (Lipinski definition) is 2. The molecule has 162 valence electrons. The number of fused-ring (bicyclic) bond motifs is 1. The first-order valence-corrected chi connectivity index (χ1v) is 10.6. The molecule has 1 aliphatic heterocycles. The number of aromatic nitrogens is 2. The van der Waals surface area contributed by atoms with E-state index >= 15 is 0 Å². The van der Waals surface area contributed by atoms with Crippen molar-refractivity contribution in [1.82, 2.24) is 15.1 Å². The van der Waals surface area contributed by atoms with Crippen molar-refractivity contribution in [2.24, 2.45) is 0 Å². The van der Waals surface area contributed by atoms with Crippen molar-refractivity contribution in [1.29, 1.82) is 0 Å². The Morgan fingerprint density at radius 1 is 1.19 bits per heavy atom. The van der Waals surface area contributed by atoms with Gasteiger partial charge in [-0.25, -0.2) is 4.68 Å². The Morgan fingerprint density at radius 2 is 1.87 bits per heavy atom. The third-order valence-electron chi connectivity index (χ3n) is 5.08. The summed E-state index contributed by atoms with van der Waals surface area (Å²) in [5.74, 6) is -0.660. The third-order valence-corrected chi connectivity index (χ3v) is 5.97. The van der Waals surface area contributed by atoms with Gasteiger partial charge in [-0.15, -0.1) is 0 Å². The van der Waals surface area contributed by atoms with Crippen LogP contribution in [0, 0.1) is 0 Å². The molecule has 0 radical (unpaired) electrons. The van der Waals surface area contributed by atoms with E-state index in [1.165, 1.54) is 0 Å². The van der Waals surface area contributed by atoms with Crippen LogP contribution in [-0.4, -0.2) is 21.9 Å². The topological polar surface area (TPSA) is 59.0 Å². The number of nitrogens with zero attached hydrogens (tertiary/aromatic N) is 2. The van der Waals surface area contributed by atoms with Crippen LogP contribution in [0.4, 0.5) is 19.0 Å². The maximum atomic E-state index is 13.8. The molecule has 0 saturated heterocycles. The number of carbonyl (C=O) groups excluding carboxylic acids is 1. The van der Waals surface area contributed by atoms with Crippen molar-refractivity contribution in [2.75, 3.05) is 5.32 Å². The van der Waals surface area contributed by atoms with Crippen molar-refractivity contribution in [3.8, 4) is 0 Å². The molecule has 10 heteroatoms. The molecule has 0 spiro atoms. The number of benzene rings is 2. The van der Waals surface area contributed by atoms with E-state index in [1.807, 2.05) is 30.3 Å². The number of nitrogens with one attached hydrogen (secondary N) is 2.